The van der Waals surface area contributed by atoms with Gasteiger partial charge in [-0.05, 0) is 0 Å². The first-order valence-electron chi connectivity index (χ1n) is 8.35. The number of aliphatic carboxylic acids is 1. The molecule has 0 fully saturated rings. The van der Waals surface area contributed by atoms with Gasteiger partial charge in [0.15, 0.2) is 0 Å². The van der Waals surface area contributed by atoms with Gasteiger partial charge in [0.2, 0.25) is 0 Å². The zero-order valence-electron chi connectivity index (χ0n) is 14.2. The summed E-state index contributed by atoms with van der Waals surface area (Å²) in [5.41, 5.74) is 0. The molecule has 3 aromatic carbocycles. The van der Waals surface area contributed by atoms with Crippen molar-refractivity contribution in [3.8, 4) is 0 Å². The van der Waals surface area contributed by atoms with Crippen LogP contribution in [0.25, 0.3) is 0 Å². The number of carboxylic acids is 1. The van der Waals surface area contributed by atoms with Crippen LogP contribution in [0.1, 0.15) is 0 Å². The second kappa shape index (κ2) is 7.57. The molecule has 0 aliphatic rings. The van der Waals surface area contributed by atoms with Gasteiger partial charge in [-0.3, -0.25) is 0 Å². The molecule has 3 aromatic rings. The summed E-state index contributed by atoms with van der Waals surface area (Å²) in [6, 6.07) is 31.0. The minimum absolute atomic E-state index is 0.579. The molecule has 1 N–H and O–H groups in total. The summed E-state index contributed by atoms with van der Waals surface area (Å²) in [5, 5.41) is 9.60. The van der Waals surface area contributed by atoms with Crippen molar-refractivity contribution in [1.29, 1.82) is 0 Å². The van der Waals surface area contributed by atoms with Crippen molar-refractivity contribution in [2.75, 3.05) is 6.16 Å². The van der Waals surface area contributed by atoms with Crippen LogP contribution in [0.3, 0.4) is 0 Å². The van der Waals surface area contributed by atoms with E-state index in [0.717, 1.165) is 0 Å². The van der Waals surface area contributed by atoms with Gasteiger partial charge < -0.3 is 0 Å². The molecule has 0 spiro atoms. The van der Waals surface area contributed by atoms with E-state index < -0.39 is 11.3 Å². The summed E-state index contributed by atoms with van der Waals surface area (Å²) in [5.74, 6) is -0.934. The van der Waals surface area contributed by atoms with E-state index >= 15 is 0 Å². The number of carbonyl (C=O) groups is 1. The van der Waals surface area contributed by atoms with E-state index in [1.807, 2.05) is 54.6 Å². The van der Waals surface area contributed by atoms with Gasteiger partial charge in [0.25, 0.3) is 0 Å². The molecular formula is C22H20BrO2P. The van der Waals surface area contributed by atoms with E-state index in [0.29, 0.717) is 6.16 Å². The Morgan fingerprint density at radius 2 is 1.12 bits per heavy atom. The standard InChI is InChI=1S/C22H20BrO2P/c23-26(18-10-17-22(24)25,19-11-4-1-5-12-19,20-13-6-2-7-14-20)21-15-8-3-9-16-21/h1-17H,18H2,(H,24,25). The van der Waals surface area contributed by atoms with E-state index in [9.17, 15) is 4.79 Å². The summed E-state index contributed by atoms with van der Waals surface area (Å²) in [6.07, 6.45) is 3.58. The van der Waals surface area contributed by atoms with Crippen molar-refractivity contribution >= 4 is 42.7 Å². The summed E-state index contributed by atoms with van der Waals surface area (Å²) in [4.78, 5) is 11.1. The normalized spacial score (nSPS) is 13.2. The molecule has 4 heteroatoms. The zero-order valence-corrected chi connectivity index (χ0v) is 16.7. The maximum atomic E-state index is 11.1. The van der Waals surface area contributed by atoms with Crippen molar-refractivity contribution in [3.05, 3.63) is 103 Å². The quantitative estimate of drug-likeness (QED) is 0.466. The summed E-state index contributed by atoms with van der Waals surface area (Å²) >= 11 is 4.25. The fourth-order valence-corrected chi connectivity index (χ4v) is 10.4. The van der Waals surface area contributed by atoms with Crippen LogP contribution >= 0.6 is 20.8 Å². The predicted octanol–water partition coefficient (Wildman–Crippen LogP) is 4.47. The molecule has 0 aliphatic carbocycles. The van der Waals surface area contributed by atoms with Gasteiger partial charge in [0.1, 0.15) is 0 Å². The molecule has 0 saturated heterocycles. The fourth-order valence-electron chi connectivity index (χ4n) is 3.33. The molecule has 0 unspecified atom stereocenters. The van der Waals surface area contributed by atoms with E-state index in [1.165, 1.54) is 22.0 Å². The van der Waals surface area contributed by atoms with E-state index in [1.54, 1.807) is 6.08 Å². The first-order chi connectivity index (χ1) is 12.6. The molecule has 0 heterocycles. The third-order valence-corrected chi connectivity index (χ3v) is 14.2. The van der Waals surface area contributed by atoms with Gasteiger partial charge in [0.05, 0.1) is 0 Å². The maximum absolute atomic E-state index is 11.1. The SMILES string of the molecule is O=C(O)C=CCP(Br)(c1ccccc1)(c1ccccc1)c1ccccc1. The number of halogens is 1. The number of benzene rings is 3. The van der Waals surface area contributed by atoms with Gasteiger partial charge in [0, 0.05) is 0 Å². The number of allylic oxidation sites excluding steroid dienone is 1. The molecular weight excluding hydrogens is 407 g/mol. The van der Waals surface area contributed by atoms with E-state index in [-0.39, 0.29) is 0 Å². The Labute approximate surface area is 161 Å². The average Bonchev–Trinajstić information content (AvgIpc) is 2.70. The Balaban J connectivity index is 2.37. The average molecular weight is 427 g/mol. The third kappa shape index (κ3) is 3.25. The predicted molar refractivity (Wildman–Crippen MR) is 116 cm³/mol. The molecule has 0 bridgehead atoms. The number of hydrogen-bond donors (Lipinski definition) is 1. The van der Waals surface area contributed by atoms with Crippen molar-refractivity contribution in [2.24, 2.45) is 0 Å². The van der Waals surface area contributed by atoms with Crippen molar-refractivity contribution in [1.82, 2.24) is 0 Å². The molecule has 0 radical (unpaired) electrons. The van der Waals surface area contributed by atoms with Crippen LogP contribution in [0.2, 0.25) is 0 Å². The van der Waals surface area contributed by atoms with Gasteiger partial charge in [-0.1, -0.05) is 0 Å². The Hall–Kier alpha value is -2.22. The molecule has 0 saturated carbocycles. The number of hydrogen-bond acceptors (Lipinski definition) is 1. The van der Waals surface area contributed by atoms with Crippen LogP contribution in [0, 0.1) is 0 Å². The summed E-state index contributed by atoms with van der Waals surface area (Å²) in [6.45, 7) is 0. The monoisotopic (exact) mass is 426 g/mol. The second-order valence-electron chi connectivity index (χ2n) is 6.11. The van der Waals surface area contributed by atoms with Gasteiger partial charge in [-0.15, -0.1) is 0 Å². The van der Waals surface area contributed by atoms with Crippen molar-refractivity contribution in [2.45, 2.75) is 0 Å². The van der Waals surface area contributed by atoms with Crippen LogP contribution in [0.4, 0.5) is 0 Å². The van der Waals surface area contributed by atoms with Crippen LogP contribution in [-0.2, 0) is 4.79 Å². The van der Waals surface area contributed by atoms with Gasteiger partial charge in [-0.2, -0.15) is 0 Å². The molecule has 0 amide bonds. The van der Waals surface area contributed by atoms with Gasteiger partial charge in [-0.25, -0.2) is 0 Å². The summed E-state index contributed by atoms with van der Waals surface area (Å²) < 4.78 is 0. The van der Waals surface area contributed by atoms with E-state index in [4.69, 9.17) is 5.11 Å². The van der Waals surface area contributed by atoms with Crippen LogP contribution in [0.15, 0.2) is 103 Å². The minimum atomic E-state index is -3.04. The third-order valence-electron chi connectivity index (χ3n) is 4.59. The topological polar surface area (TPSA) is 37.3 Å². The Kier molecular flexibility index (Phi) is 5.41. The molecule has 0 atom stereocenters. The Morgan fingerprint density at radius 1 is 0.769 bits per heavy atom. The Bertz CT molecular complexity index is 809. The van der Waals surface area contributed by atoms with Crippen molar-refractivity contribution < 1.29 is 9.90 Å². The zero-order chi connectivity index (χ0) is 18.5. The van der Waals surface area contributed by atoms with Crippen LogP contribution < -0.4 is 15.9 Å². The molecule has 26 heavy (non-hydrogen) atoms. The first kappa shape index (κ1) is 18.6. The van der Waals surface area contributed by atoms with Crippen molar-refractivity contribution in [3.63, 3.8) is 0 Å². The summed E-state index contributed by atoms with van der Waals surface area (Å²) in [7, 11) is 0. The van der Waals surface area contributed by atoms with Gasteiger partial charge >= 0.3 is 162 Å². The number of carboxylic acid groups (broad SMARTS) is 1. The van der Waals surface area contributed by atoms with Crippen LogP contribution in [-0.4, -0.2) is 17.2 Å². The van der Waals surface area contributed by atoms with Crippen LogP contribution in [0.5, 0.6) is 0 Å². The first-order valence-corrected chi connectivity index (χ1v) is 12.8. The molecule has 132 valence electrons. The Morgan fingerprint density at radius 3 is 1.42 bits per heavy atom. The molecule has 0 aromatic heterocycles. The molecule has 3 rings (SSSR count). The number of rotatable bonds is 6. The van der Waals surface area contributed by atoms with E-state index in [2.05, 4.69) is 51.9 Å². The molecule has 2 nitrogen and oxygen atoms in total. The molecule has 0 aliphatic heterocycles. The fraction of sp³-hybridized carbons (Fsp3) is 0.0455. The second-order valence-corrected chi connectivity index (χ2v) is 15.1.